The van der Waals surface area contributed by atoms with Crippen molar-refractivity contribution in [2.24, 2.45) is 5.92 Å². The zero-order chi connectivity index (χ0) is 14.3. The minimum Gasteiger partial charge on any atom is -0.493 e. The summed E-state index contributed by atoms with van der Waals surface area (Å²) in [6.45, 7) is 6.68. The van der Waals surface area contributed by atoms with E-state index >= 15 is 0 Å². The fraction of sp³-hybridized carbons (Fsp3) is 0.562. The van der Waals surface area contributed by atoms with Crippen molar-refractivity contribution in [2.45, 2.75) is 46.0 Å². The first-order chi connectivity index (χ1) is 9.10. The molecule has 19 heavy (non-hydrogen) atoms. The van der Waals surface area contributed by atoms with E-state index in [4.69, 9.17) is 9.84 Å². The van der Waals surface area contributed by atoms with Crippen molar-refractivity contribution < 1.29 is 14.6 Å². The third-order valence-corrected chi connectivity index (χ3v) is 3.63. The van der Waals surface area contributed by atoms with Crippen molar-refractivity contribution in [2.75, 3.05) is 6.61 Å². The lowest BCUT2D eigenvalue weighted by molar-refractivity contribution is -0.142. The first-order valence-corrected chi connectivity index (χ1v) is 7.04. The Hall–Kier alpha value is -1.51. The number of para-hydroxylation sites is 1. The van der Waals surface area contributed by atoms with E-state index in [1.165, 1.54) is 5.56 Å². The maximum absolute atomic E-state index is 10.9. The molecule has 0 aromatic heterocycles. The van der Waals surface area contributed by atoms with Gasteiger partial charge in [-0.2, -0.15) is 0 Å². The minimum atomic E-state index is -0.735. The second-order valence-corrected chi connectivity index (χ2v) is 4.93. The summed E-state index contributed by atoms with van der Waals surface area (Å²) in [4.78, 5) is 10.9. The van der Waals surface area contributed by atoms with Crippen molar-refractivity contribution in [3.63, 3.8) is 0 Å². The lowest BCUT2D eigenvalue weighted by Crippen LogP contribution is -2.16. The summed E-state index contributed by atoms with van der Waals surface area (Å²) in [7, 11) is 0. The minimum absolute atomic E-state index is 0.309. The second kappa shape index (κ2) is 7.82. The maximum atomic E-state index is 10.9. The molecule has 0 aliphatic rings. The van der Waals surface area contributed by atoms with Crippen molar-refractivity contribution in [1.82, 2.24) is 0 Å². The number of ether oxygens (including phenoxy) is 1. The molecule has 0 saturated heterocycles. The third kappa shape index (κ3) is 4.58. The predicted molar refractivity (Wildman–Crippen MR) is 76.7 cm³/mol. The molecule has 1 rings (SSSR count). The van der Waals surface area contributed by atoms with Gasteiger partial charge in [-0.15, -0.1) is 0 Å². The van der Waals surface area contributed by atoms with E-state index in [9.17, 15) is 4.79 Å². The molecule has 3 nitrogen and oxygen atoms in total. The van der Waals surface area contributed by atoms with Gasteiger partial charge in [0.05, 0.1) is 12.5 Å². The van der Waals surface area contributed by atoms with E-state index in [1.54, 1.807) is 0 Å². The zero-order valence-electron chi connectivity index (χ0n) is 12.1. The topological polar surface area (TPSA) is 46.5 Å². The lowest BCUT2D eigenvalue weighted by Gasteiger charge is -2.16. The molecule has 3 heteroatoms. The smallest absolute Gasteiger partial charge is 0.306 e. The standard InChI is InChI=1S/C16H24O3/c1-4-12(3)14-8-6-7-9-15(14)19-11-10-13(5-2)16(17)18/h6-9,12-13H,4-5,10-11H2,1-3H3,(H,17,18). The average molecular weight is 264 g/mol. The highest BCUT2D eigenvalue weighted by Gasteiger charge is 2.15. The highest BCUT2D eigenvalue weighted by molar-refractivity contribution is 5.69. The Bertz CT molecular complexity index is 401. The highest BCUT2D eigenvalue weighted by Crippen LogP contribution is 2.28. The summed E-state index contributed by atoms with van der Waals surface area (Å²) in [5.74, 6) is 0.298. The van der Waals surface area contributed by atoms with Gasteiger partial charge in [0.25, 0.3) is 0 Å². The summed E-state index contributed by atoms with van der Waals surface area (Å²) >= 11 is 0. The van der Waals surface area contributed by atoms with Crippen LogP contribution in [0.2, 0.25) is 0 Å². The normalized spacial score (nSPS) is 13.8. The quantitative estimate of drug-likeness (QED) is 0.769. The molecule has 0 saturated carbocycles. The molecule has 2 atom stereocenters. The van der Waals surface area contributed by atoms with Gasteiger partial charge < -0.3 is 9.84 Å². The van der Waals surface area contributed by atoms with Crippen LogP contribution in [0.25, 0.3) is 0 Å². The van der Waals surface area contributed by atoms with Crippen molar-refractivity contribution >= 4 is 5.97 Å². The molecular formula is C16H24O3. The van der Waals surface area contributed by atoms with E-state index in [2.05, 4.69) is 19.9 Å². The molecular weight excluding hydrogens is 240 g/mol. The number of aliphatic carboxylic acids is 1. The molecule has 0 spiro atoms. The van der Waals surface area contributed by atoms with Crippen LogP contribution in [-0.4, -0.2) is 17.7 Å². The van der Waals surface area contributed by atoms with E-state index in [0.717, 1.165) is 12.2 Å². The van der Waals surface area contributed by atoms with Crippen LogP contribution in [0.1, 0.15) is 51.5 Å². The Morgan fingerprint density at radius 2 is 1.95 bits per heavy atom. The monoisotopic (exact) mass is 264 g/mol. The third-order valence-electron chi connectivity index (χ3n) is 3.63. The number of rotatable bonds is 8. The number of hydrogen-bond donors (Lipinski definition) is 1. The SMILES string of the molecule is CCC(CCOc1ccccc1C(C)CC)C(=O)O. The van der Waals surface area contributed by atoms with Crippen LogP contribution in [0, 0.1) is 5.92 Å². The Morgan fingerprint density at radius 3 is 2.53 bits per heavy atom. The van der Waals surface area contributed by atoms with Gasteiger partial charge in [-0.05, 0) is 36.8 Å². The van der Waals surface area contributed by atoms with Crippen LogP contribution < -0.4 is 4.74 Å². The largest absolute Gasteiger partial charge is 0.493 e. The molecule has 0 heterocycles. The molecule has 106 valence electrons. The number of carboxylic acid groups (broad SMARTS) is 1. The predicted octanol–water partition coefficient (Wildman–Crippen LogP) is 4.08. The summed E-state index contributed by atoms with van der Waals surface area (Å²) in [6.07, 6.45) is 2.26. The van der Waals surface area contributed by atoms with E-state index < -0.39 is 5.97 Å². The Kier molecular flexibility index (Phi) is 6.40. The van der Waals surface area contributed by atoms with E-state index in [0.29, 0.717) is 25.4 Å². The van der Waals surface area contributed by atoms with Crippen LogP contribution in [0.3, 0.4) is 0 Å². The van der Waals surface area contributed by atoms with Gasteiger partial charge in [-0.3, -0.25) is 4.79 Å². The van der Waals surface area contributed by atoms with Gasteiger partial charge in [-0.25, -0.2) is 0 Å². The van der Waals surface area contributed by atoms with Crippen LogP contribution in [0.4, 0.5) is 0 Å². The van der Waals surface area contributed by atoms with Gasteiger partial charge in [0.15, 0.2) is 0 Å². The summed E-state index contributed by atoms with van der Waals surface area (Å²) in [5.41, 5.74) is 1.20. The van der Waals surface area contributed by atoms with E-state index in [-0.39, 0.29) is 5.92 Å². The van der Waals surface area contributed by atoms with Gasteiger partial charge in [0.2, 0.25) is 0 Å². The lowest BCUT2D eigenvalue weighted by atomic mass is 9.98. The highest BCUT2D eigenvalue weighted by atomic mass is 16.5. The molecule has 0 bridgehead atoms. The fourth-order valence-corrected chi connectivity index (χ4v) is 2.05. The Balaban J connectivity index is 2.60. The second-order valence-electron chi connectivity index (χ2n) is 4.93. The zero-order valence-corrected chi connectivity index (χ0v) is 12.1. The number of hydrogen-bond acceptors (Lipinski definition) is 2. The van der Waals surface area contributed by atoms with E-state index in [1.807, 2.05) is 25.1 Å². The molecule has 0 radical (unpaired) electrons. The van der Waals surface area contributed by atoms with Gasteiger partial charge in [0.1, 0.15) is 5.75 Å². The van der Waals surface area contributed by atoms with Crippen LogP contribution >= 0.6 is 0 Å². The van der Waals surface area contributed by atoms with Crippen molar-refractivity contribution in [1.29, 1.82) is 0 Å². The molecule has 0 fully saturated rings. The molecule has 0 aliphatic heterocycles. The first kappa shape index (κ1) is 15.5. The molecule has 1 aromatic rings. The molecule has 1 aromatic carbocycles. The average Bonchev–Trinajstić information content (AvgIpc) is 2.42. The molecule has 2 unspecified atom stereocenters. The molecule has 0 aliphatic carbocycles. The van der Waals surface area contributed by atoms with Gasteiger partial charge in [0, 0.05) is 0 Å². The van der Waals surface area contributed by atoms with Gasteiger partial charge >= 0.3 is 5.97 Å². The summed E-state index contributed by atoms with van der Waals surface area (Å²) in [6, 6.07) is 8.01. The Morgan fingerprint density at radius 1 is 1.26 bits per heavy atom. The maximum Gasteiger partial charge on any atom is 0.306 e. The Labute approximate surface area is 115 Å². The molecule has 0 amide bonds. The summed E-state index contributed by atoms with van der Waals surface area (Å²) < 4.78 is 5.78. The fourth-order valence-electron chi connectivity index (χ4n) is 2.05. The summed E-state index contributed by atoms with van der Waals surface area (Å²) in [5, 5.41) is 9.00. The number of benzene rings is 1. The van der Waals surface area contributed by atoms with Crippen LogP contribution in [0.5, 0.6) is 5.75 Å². The first-order valence-electron chi connectivity index (χ1n) is 7.04. The van der Waals surface area contributed by atoms with Crippen LogP contribution in [-0.2, 0) is 4.79 Å². The van der Waals surface area contributed by atoms with Crippen molar-refractivity contribution in [3.8, 4) is 5.75 Å². The van der Waals surface area contributed by atoms with Gasteiger partial charge in [-0.1, -0.05) is 39.0 Å². The number of carbonyl (C=O) groups is 1. The molecule has 1 N–H and O–H groups in total. The van der Waals surface area contributed by atoms with Crippen molar-refractivity contribution in [3.05, 3.63) is 29.8 Å². The van der Waals surface area contributed by atoms with Crippen LogP contribution in [0.15, 0.2) is 24.3 Å². The number of carboxylic acids is 1.